The number of aliphatic hydroxyl groups is 1. The molecule has 4 rings (SSSR count). The number of aryl methyl sites for hydroxylation is 1. The van der Waals surface area contributed by atoms with E-state index in [0.717, 1.165) is 30.2 Å². The molecule has 192 valence electrons. The molecule has 1 aliphatic rings. The van der Waals surface area contributed by atoms with E-state index in [2.05, 4.69) is 28.9 Å². The van der Waals surface area contributed by atoms with Crippen LogP contribution in [0.4, 0.5) is 8.78 Å². The third-order valence-electron chi connectivity index (χ3n) is 6.24. The number of rotatable bonds is 10. The van der Waals surface area contributed by atoms with Gasteiger partial charge in [0.15, 0.2) is 0 Å². The van der Waals surface area contributed by atoms with Crippen molar-refractivity contribution in [3.05, 3.63) is 106 Å². The third-order valence-corrected chi connectivity index (χ3v) is 6.24. The van der Waals surface area contributed by atoms with E-state index >= 15 is 0 Å². The molecule has 0 radical (unpaired) electrons. The molecule has 3 aromatic rings. The molecule has 37 heavy (non-hydrogen) atoms. The van der Waals surface area contributed by atoms with Crippen molar-refractivity contribution in [3.8, 4) is 0 Å². The predicted octanol–water partition coefficient (Wildman–Crippen LogP) is 2.90. The SMILES string of the molecule is CCc1cccc(CNC[C@H](O)[C@H](Cc2cc(F)cc(F)c2)NC(=O)c2ccc3c(c2)C(=O)NC3=O)c1. The highest BCUT2D eigenvalue weighted by Crippen LogP contribution is 2.18. The molecule has 7 nitrogen and oxygen atoms in total. The second-order valence-electron chi connectivity index (χ2n) is 8.98. The lowest BCUT2D eigenvalue weighted by Crippen LogP contribution is -2.48. The Morgan fingerprint density at radius 1 is 0.919 bits per heavy atom. The molecule has 3 amide bonds. The minimum atomic E-state index is -1.11. The van der Waals surface area contributed by atoms with Crippen LogP contribution in [-0.4, -0.2) is 41.5 Å². The van der Waals surface area contributed by atoms with Crippen LogP contribution in [0.5, 0.6) is 0 Å². The van der Waals surface area contributed by atoms with E-state index in [0.29, 0.717) is 6.54 Å². The van der Waals surface area contributed by atoms with Gasteiger partial charge in [-0.1, -0.05) is 31.2 Å². The topological polar surface area (TPSA) is 108 Å². The van der Waals surface area contributed by atoms with E-state index in [9.17, 15) is 28.3 Å². The molecule has 1 aliphatic heterocycles. The Balaban J connectivity index is 1.49. The van der Waals surface area contributed by atoms with Gasteiger partial charge in [-0.15, -0.1) is 0 Å². The first-order chi connectivity index (χ1) is 17.7. The van der Waals surface area contributed by atoms with Crippen LogP contribution >= 0.6 is 0 Å². The molecule has 3 aromatic carbocycles. The number of amides is 3. The monoisotopic (exact) mass is 507 g/mol. The van der Waals surface area contributed by atoms with Crippen molar-refractivity contribution >= 4 is 17.7 Å². The Morgan fingerprint density at radius 3 is 2.35 bits per heavy atom. The minimum absolute atomic E-state index is 0.0432. The second-order valence-corrected chi connectivity index (χ2v) is 8.98. The number of aliphatic hydroxyl groups excluding tert-OH is 1. The molecular formula is C28H27F2N3O4. The first-order valence-electron chi connectivity index (χ1n) is 12.0. The van der Waals surface area contributed by atoms with Crippen molar-refractivity contribution in [3.63, 3.8) is 0 Å². The van der Waals surface area contributed by atoms with Gasteiger partial charge < -0.3 is 15.7 Å². The van der Waals surface area contributed by atoms with Gasteiger partial charge in [0.05, 0.1) is 23.3 Å². The maximum atomic E-state index is 13.8. The fourth-order valence-electron chi connectivity index (χ4n) is 4.29. The van der Waals surface area contributed by atoms with E-state index in [1.807, 2.05) is 18.2 Å². The van der Waals surface area contributed by atoms with Crippen LogP contribution in [0.1, 0.15) is 54.7 Å². The Hall–Kier alpha value is -3.95. The van der Waals surface area contributed by atoms with Gasteiger partial charge in [-0.2, -0.15) is 0 Å². The van der Waals surface area contributed by atoms with Crippen LogP contribution in [0.15, 0.2) is 60.7 Å². The molecule has 4 N–H and O–H groups in total. The van der Waals surface area contributed by atoms with E-state index in [4.69, 9.17) is 0 Å². The summed E-state index contributed by atoms with van der Waals surface area (Å²) in [5.74, 6) is -3.27. The molecule has 0 spiro atoms. The van der Waals surface area contributed by atoms with Gasteiger partial charge in [0.1, 0.15) is 11.6 Å². The molecule has 0 saturated heterocycles. The number of fused-ring (bicyclic) bond motifs is 1. The van der Waals surface area contributed by atoms with Gasteiger partial charge in [-0.3, -0.25) is 19.7 Å². The summed E-state index contributed by atoms with van der Waals surface area (Å²) in [6.45, 7) is 2.64. The maximum Gasteiger partial charge on any atom is 0.258 e. The van der Waals surface area contributed by atoms with Crippen molar-refractivity contribution in [2.24, 2.45) is 0 Å². The zero-order valence-corrected chi connectivity index (χ0v) is 20.2. The van der Waals surface area contributed by atoms with E-state index in [1.165, 1.54) is 23.8 Å². The molecule has 0 unspecified atom stereocenters. The van der Waals surface area contributed by atoms with Crippen molar-refractivity contribution in [1.82, 2.24) is 16.0 Å². The summed E-state index contributed by atoms with van der Waals surface area (Å²) in [6, 6.07) is 14.2. The summed E-state index contributed by atoms with van der Waals surface area (Å²) in [5, 5.41) is 19.0. The van der Waals surface area contributed by atoms with E-state index < -0.39 is 41.5 Å². The molecule has 0 aromatic heterocycles. The summed E-state index contributed by atoms with van der Waals surface area (Å²) in [4.78, 5) is 36.8. The fraction of sp³-hybridized carbons (Fsp3) is 0.250. The number of halogens is 2. The van der Waals surface area contributed by atoms with Gasteiger partial charge >= 0.3 is 0 Å². The van der Waals surface area contributed by atoms with Gasteiger partial charge in [0, 0.05) is 24.7 Å². The van der Waals surface area contributed by atoms with E-state index in [-0.39, 0.29) is 35.2 Å². The Labute approximate surface area is 212 Å². The number of carbonyl (C=O) groups excluding carboxylic acids is 3. The first-order valence-corrected chi connectivity index (χ1v) is 12.0. The van der Waals surface area contributed by atoms with Crippen molar-refractivity contribution in [2.45, 2.75) is 38.5 Å². The lowest BCUT2D eigenvalue weighted by atomic mass is 9.99. The van der Waals surface area contributed by atoms with Gasteiger partial charge in [0.2, 0.25) is 0 Å². The molecule has 0 fully saturated rings. The second kappa shape index (κ2) is 11.4. The van der Waals surface area contributed by atoms with Crippen LogP contribution in [0.25, 0.3) is 0 Å². The largest absolute Gasteiger partial charge is 0.390 e. The van der Waals surface area contributed by atoms with Crippen LogP contribution < -0.4 is 16.0 Å². The summed E-state index contributed by atoms with van der Waals surface area (Å²) >= 11 is 0. The standard InChI is InChI=1S/C28H27F2N3O4/c1-2-16-4-3-5-17(8-16)14-31-15-25(34)24(11-18-9-20(29)13-21(30)10-18)32-26(35)19-6-7-22-23(12-19)28(37)33-27(22)36/h3-10,12-13,24-25,31,34H,2,11,14-15H2,1H3,(H,32,35)(H,33,36,37)/t24-,25-/m0/s1. The normalized spacial score (nSPS) is 14.2. The zero-order valence-electron chi connectivity index (χ0n) is 20.2. The van der Waals surface area contributed by atoms with E-state index in [1.54, 1.807) is 0 Å². The highest BCUT2D eigenvalue weighted by molar-refractivity contribution is 6.22. The highest BCUT2D eigenvalue weighted by atomic mass is 19.1. The summed E-state index contributed by atoms with van der Waals surface area (Å²) in [5.41, 5.74) is 2.84. The van der Waals surface area contributed by atoms with Crippen LogP contribution in [-0.2, 0) is 19.4 Å². The maximum absolute atomic E-state index is 13.8. The molecule has 0 aliphatic carbocycles. The van der Waals surface area contributed by atoms with Gasteiger partial charge in [-0.25, -0.2) is 8.78 Å². The number of hydrogen-bond donors (Lipinski definition) is 4. The minimum Gasteiger partial charge on any atom is -0.390 e. The molecule has 9 heteroatoms. The van der Waals surface area contributed by atoms with Crippen LogP contribution in [0.2, 0.25) is 0 Å². The van der Waals surface area contributed by atoms with Crippen LogP contribution in [0.3, 0.4) is 0 Å². The van der Waals surface area contributed by atoms with Crippen molar-refractivity contribution in [1.29, 1.82) is 0 Å². The fourth-order valence-corrected chi connectivity index (χ4v) is 4.29. The number of carbonyl (C=O) groups is 3. The Bertz CT molecular complexity index is 1320. The number of imide groups is 1. The van der Waals surface area contributed by atoms with Gasteiger partial charge in [0.25, 0.3) is 17.7 Å². The van der Waals surface area contributed by atoms with Crippen LogP contribution in [0, 0.1) is 11.6 Å². The molecule has 0 bridgehead atoms. The molecule has 1 heterocycles. The Morgan fingerprint density at radius 2 is 1.62 bits per heavy atom. The highest BCUT2D eigenvalue weighted by Gasteiger charge is 2.29. The summed E-state index contributed by atoms with van der Waals surface area (Å²) < 4.78 is 27.6. The smallest absolute Gasteiger partial charge is 0.258 e. The number of hydrogen-bond acceptors (Lipinski definition) is 5. The lowest BCUT2D eigenvalue weighted by Gasteiger charge is -2.25. The van der Waals surface area contributed by atoms with Crippen molar-refractivity contribution < 1.29 is 28.3 Å². The predicted molar refractivity (Wildman–Crippen MR) is 133 cm³/mol. The summed E-state index contributed by atoms with van der Waals surface area (Å²) in [6.07, 6.45) is -0.255. The Kier molecular flexibility index (Phi) is 8.05. The average Bonchev–Trinajstić information content (AvgIpc) is 3.15. The molecule has 0 saturated carbocycles. The van der Waals surface area contributed by atoms with Gasteiger partial charge in [-0.05, 0) is 59.9 Å². The zero-order chi connectivity index (χ0) is 26.5. The third kappa shape index (κ3) is 6.44. The summed E-state index contributed by atoms with van der Waals surface area (Å²) in [7, 11) is 0. The number of benzene rings is 3. The average molecular weight is 508 g/mol. The van der Waals surface area contributed by atoms with Crippen molar-refractivity contribution in [2.75, 3.05) is 6.54 Å². The molecule has 2 atom stereocenters. The number of nitrogens with one attached hydrogen (secondary N) is 3. The molecular weight excluding hydrogens is 480 g/mol. The lowest BCUT2D eigenvalue weighted by molar-refractivity contribution is 0.0829. The first kappa shape index (κ1) is 26.1. The quantitative estimate of drug-likeness (QED) is 0.316.